The van der Waals surface area contributed by atoms with Crippen LogP contribution in [0.15, 0.2) is 42.5 Å². The summed E-state index contributed by atoms with van der Waals surface area (Å²) in [6.45, 7) is 6.28. The van der Waals surface area contributed by atoms with E-state index in [0.29, 0.717) is 17.2 Å². The minimum Gasteiger partial charge on any atom is -0.457 e. The largest absolute Gasteiger partial charge is 0.457 e. The number of nitrogens with two attached hydrogens (primary N) is 1. The fourth-order valence-electron chi connectivity index (χ4n) is 1.99. The third kappa shape index (κ3) is 3.18. The number of amidine groups is 1. The summed E-state index contributed by atoms with van der Waals surface area (Å²) in [6.07, 6.45) is 0. The van der Waals surface area contributed by atoms with Gasteiger partial charge in [0.15, 0.2) is 0 Å². The van der Waals surface area contributed by atoms with Gasteiger partial charge < -0.3 is 10.5 Å². The van der Waals surface area contributed by atoms with Crippen molar-refractivity contribution in [3.05, 3.63) is 59.2 Å². The first-order valence-corrected chi connectivity index (χ1v) is 6.70. The van der Waals surface area contributed by atoms with Crippen LogP contribution in [-0.4, -0.2) is 5.84 Å². The summed E-state index contributed by atoms with van der Waals surface area (Å²) in [5.41, 5.74) is 8.55. The fraction of sp³-hybridized carbons (Fsp3) is 0.235. The van der Waals surface area contributed by atoms with Crippen LogP contribution in [-0.2, 0) is 0 Å². The summed E-state index contributed by atoms with van der Waals surface area (Å²) >= 11 is 0. The molecule has 2 aromatic carbocycles. The molecule has 0 aromatic heterocycles. The normalized spacial score (nSPS) is 10.6. The monoisotopic (exact) mass is 268 g/mol. The summed E-state index contributed by atoms with van der Waals surface area (Å²) in [5.74, 6) is 1.87. The van der Waals surface area contributed by atoms with Crippen molar-refractivity contribution in [3.63, 3.8) is 0 Å². The zero-order chi connectivity index (χ0) is 14.7. The van der Waals surface area contributed by atoms with Crippen LogP contribution in [0.1, 0.15) is 36.5 Å². The molecule has 0 bridgehead atoms. The average molecular weight is 268 g/mol. The van der Waals surface area contributed by atoms with Gasteiger partial charge in [0.25, 0.3) is 0 Å². The Bertz CT molecular complexity index is 615. The zero-order valence-electron chi connectivity index (χ0n) is 12.1. The second-order valence-corrected chi connectivity index (χ2v) is 5.24. The Kier molecular flexibility index (Phi) is 4.08. The van der Waals surface area contributed by atoms with Crippen molar-refractivity contribution in [2.75, 3.05) is 0 Å². The van der Waals surface area contributed by atoms with Crippen LogP contribution >= 0.6 is 0 Å². The lowest BCUT2D eigenvalue weighted by Crippen LogP contribution is -2.12. The maximum absolute atomic E-state index is 7.63. The first-order chi connectivity index (χ1) is 9.47. The molecular formula is C17H20N2O. The molecule has 0 aliphatic rings. The van der Waals surface area contributed by atoms with E-state index in [-0.39, 0.29) is 5.84 Å². The molecule has 3 heteroatoms. The summed E-state index contributed by atoms with van der Waals surface area (Å²) in [7, 11) is 0. The number of hydrogen-bond donors (Lipinski definition) is 2. The molecule has 0 spiro atoms. The molecule has 3 N–H and O–H groups in total. The predicted molar refractivity (Wildman–Crippen MR) is 82.8 cm³/mol. The average Bonchev–Trinajstić information content (AvgIpc) is 2.41. The van der Waals surface area contributed by atoms with Crippen LogP contribution in [0.5, 0.6) is 11.5 Å². The van der Waals surface area contributed by atoms with Crippen molar-refractivity contribution >= 4 is 5.84 Å². The Morgan fingerprint density at radius 2 is 1.75 bits per heavy atom. The van der Waals surface area contributed by atoms with Crippen molar-refractivity contribution in [3.8, 4) is 11.5 Å². The van der Waals surface area contributed by atoms with E-state index in [2.05, 4.69) is 26.0 Å². The minimum atomic E-state index is 0.0162. The highest BCUT2D eigenvalue weighted by atomic mass is 16.5. The predicted octanol–water partition coefficient (Wildman–Crippen LogP) is 4.19. The fourth-order valence-corrected chi connectivity index (χ4v) is 1.99. The maximum Gasteiger partial charge on any atom is 0.138 e. The van der Waals surface area contributed by atoms with Gasteiger partial charge in [-0.2, -0.15) is 0 Å². The van der Waals surface area contributed by atoms with Crippen LogP contribution in [0.4, 0.5) is 0 Å². The number of nitrogen functional groups attached to an aromatic ring is 1. The van der Waals surface area contributed by atoms with Gasteiger partial charge in [-0.05, 0) is 42.7 Å². The van der Waals surface area contributed by atoms with E-state index in [4.69, 9.17) is 15.9 Å². The van der Waals surface area contributed by atoms with E-state index >= 15 is 0 Å². The molecule has 0 radical (unpaired) electrons. The van der Waals surface area contributed by atoms with Crippen molar-refractivity contribution < 1.29 is 4.74 Å². The lowest BCUT2D eigenvalue weighted by Gasteiger charge is -2.12. The lowest BCUT2D eigenvalue weighted by molar-refractivity contribution is 0.481. The van der Waals surface area contributed by atoms with Crippen molar-refractivity contribution in [1.29, 1.82) is 5.41 Å². The van der Waals surface area contributed by atoms with Crippen molar-refractivity contribution in [2.24, 2.45) is 5.73 Å². The first kappa shape index (κ1) is 14.1. The molecule has 0 saturated heterocycles. The minimum absolute atomic E-state index is 0.0162. The summed E-state index contributed by atoms with van der Waals surface area (Å²) in [6, 6.07) is 13.7. The molecule has 0 aliphatic carbocycles. The van der Waals surface area contributed by atoms with Gasteiger partial charge in [0, 0.05) is 0 Å². The zero-order valence-corrected chi connectivity index (χ0v) is 12.1. The van der Waals surface area contributed by atoms with Crippen LogP contribution < -0.4 is 10.5 Å². The molecule has 0 saturated carbocycles. The smallest absolute Gasteiger partial charge is 0.138 e. The van der Waals surface area contributed by atoms with E-state index in [0.717, 1.165) is 11.3 Å². The van der Waals surface area contributed by atoms with Gasteiger partial charge in [-0.1, -0.05) is 37.6 Å². The Labute approximate surface area is 119 Å². The van der Waals surface area contributed by atoms with E-state index < -0.39 is 0 Å². The summed E-state index contributed by atoms with van der Waals surface area (Å²) in [5, 5.41) is 7.63. The van der Waals surface area contributed by atoms with Crippen molar-refractivity contribution in [1.82, 2.24) is 0 Å². The molecule has 2 aromatic rings. The highest BCUT2D eigenvalue weighted by Gasteiger charge is 2.08. The second kappa shape index (κ2) is 5.78. The van der Waals surface area contributed by atoms with Crippen LogP contribution in [0.25, 0.3) is 0 Å². The quantitative estimate of drug-likeness (QED) is 0.645. The van der Waals surface area contributed by atoms with Gasteiger partial charge in [-0.15, -0.1) is 0 Å². The molecule has 0 heterocycles. The standard InChI is InChI=1S/C17H20N2O/c1-11(2)13-5-7-14(8-6-13)20-16-9-4-12(3)10-15(16)17(18)19/h4-11H,1-3H3,(H3,18,19). The van der Waals surface area contributed by atoms with Gasteiger partial charge in [0.05, 0.1) is 5.56 Å². The molecule has 0 aliphatic heterocycles. The first-order valence-electron chi connectivity index (χ1n) is 6.70. The van der Waals surface area contributed by atoms with Crippen LogP contribution in [0.3, 0.4) is 0 Å². The lowest BCUT2D eigenvalue weighted by atomic mass is 10.0. The molecule has 0 amide bonds. The van der Waals surface area contributed by atoms with E-state index in [1.165, 1.54) is 5.56 Å². The Balaban J connectivity index is 2.28. The molecular weight excluding hydrogens is 248 g/mol. The number of rotatable bonds is 4. The van der Waals surface area contributed by atoms with Crippen LogP contribution in [0.2, 0.25) is 0 Å². The Morgan fingerprint density at radius 1 is 1.10 bits per heavy atom. The molecule has 2 rings (SSSR count). The van der Waals surface area contributed by atoms with Crippen molar-refractivity contribution in [2.45, 2.75) is 26.7 Å². The maximum atomic E-state index is 7.63. The third-order valence-corrected chi connectivity index (χ3v) is 3.20. The molecule has 20 heavy (non-hydrogen) atoms. The number of aryl methyl sites for hydroxylation is 1. The molecule has 0 atom stereocenters. The molecule has 0 unspecified atom stereocenters. The van der Waals surface area contributed by atoms with Gasteiger partial charge in [-0.3, -0.25) is 5.41 Å². The highest BCUT2D eigenvalue weighted by molar-refractivity contribution is 5.97. The van der Waals surface area contributed by atoms with E-state index in [9.17, 15) is 0 Å². The number of benzene rings is 2. The van der Waals surface area contributed by atoms with E-state index in [1.54, 1.807) is 0 Å². The molecule has 3 nitrogen and oxygen atoms in total. The topological polar surface area (TPSA) is 59.1 Å². The molecule has 0 fully saturated rings. The van der Waals surface area contributed by atoms with E-state index in [1.807, 2.05) is 37.3 Å². The van der Waals surface area contributed by atoms with Gasteiger partial charge in [-0.25, -0.2) is 0 Å². The molecule has 104 valence electrons. The number of hydrogen-bond acceptors (Lipinski definition) is 2. The Morgan fingerprint density at radius 3 is 2.30 bits per heavy atom. The number of ether oxygens (including phenoxy) is 1. The summed E-state index contributed by atoms with van der Waals surface area (Å²) < 4.78 is 5.84. The Hall–Kier alpha value is -2.29. The highest BCUT2D eigenvalue weighted by Crippen LogP contribution is 2.27. The second-order valence-electron chi connectivity index (χ2n) is 5.24. The van der Waals surface area contributed by atoms with Gasteiger partial charge in [0.2, 0.25) is 0 Å². The van der Waals surface area contributed by atoms with Crippen LogP contribution in [0, 0.1) is 12.3 Å². The van der Waals surface area contributed by atoms with Gasteiger partial charge >= 0.3 is 0 Å². The SMILES string of the molecule is Cc1ccc(Oc2ccc(C(C)C)cc2)c(C(=N)N)c1. The third-order valence-electron chi connectivity index (χ3n) is 3.20. The van der Waals surface area contributed by atoms with Gasteiger partial charge in [0.1, 0.15) is 17.3 Å². The number of nitrogens with one attached hydrogen (secondary N) is 1. The summed E-state index contributed by atoms with van der Waals surface area (Å²) in [4.78, 5) is 0.